The quantitative estimate of drug-likeness (QED) is 0.417. The van der Waals surface area contributed by atoms with Crippen LogP contribution in [0.1, 0.15) is 0 Å². The Balaban J connectivity index is 2.69. The highest BCUT2D eigenvalue weighted by molar-refractivity contribution is 7.85. The van der Waals surface area contributed by atoms with E-state index in [2.05, 4.69) is 5.43 Å². The lowest BCUT2D eigenvalue weighted by Crippen LogP contribution is -2.06. The van der Waals surface area contributed by atoms with E-state index in [1.54, 1.807) is 24.3 Å². The topological polar surface area (TPSA) is 92.4 Å². The van der Waals surface area contributed by atoms with E-state index < -0.39 is 10.1 Å². The Morgan fingerprint density at radius 2 is 1.75 bits per heavy atom. The van der Waals surface area contributed by atoms with Gasteiger partial charge < -0.3 is 5.43 Å². The summed E-state index contributed by atoms with van der Waals surface area (Å²) in [5, 5.41) is 1.55. The molecule has 2 aromatic rings. The van der Waals surface area contributed by atoms with E-state index >= 15 is 0 Å². The summed E-state index contributed by atoms with van der Waals surface area (Å²) < 4.78 is 30.8. The van der Waals surface area contributed by atoms with E-state index in [0.717, 1.165) is 5.39 Å². The van der Waals surface area contributed by atoms with Gasteiger partial charge in [-0.2, -0.15) is 8.42 Å². The number of hydrogen-bond acceptors (Lipinski definition) is 4. The smallest absolute Gasteiger partial charge is 0.294 e. The largest absolute Gasteiger partial charge is 0.324 e. The maximum Gasteiger partial charge on any atom is 0.294 e. The van der Waals surface area contributed by atoms with Crippen LogP contribution in [-0.2, 0) is 10.1 Å². The van der Waals surface area contributed by atoms with Crippen LogP contribution in [0.2, 0.25) is 0 Å². The molecule has 4 N–H and O–H groups in total. The van der Waals surface area contributed by atoms with Crippen molar-refractivity contribution in [2.24, 2.45) is 5.84 Å². The van der Waals surface area contributed by atoms with Crippen molar-refractivity contribution in [2.75, 3.05) is 5.43 Å². The van der Waals surface area contributed by atoms with Crippen LogP contribution in [0.4, 0.5) is 5.69 Å². The fourth-order valence-corrected chi connectivity index (χ4v) is 1.99. The van der Waals surface area contributed by atoms with Gasteiger partial charge in [-0.3, -0.25) is 10.4 Å². The van der Waals surface area contributed by atoms with Crippen molar-refractivity contribution in [2.45, 2.75) is 4.90 Å². The lowest BCUT2D eigenvalue weighted by molar-refractivity contribution is 0.483. The number of nitrogens with two attached hydrogens (primary N) is 1. The van der Waals surface area contributed by atoms with Gasteiger partial charge in [0.15, 0.2) is 0 Å². The van der Waals surface area contributed by atoms with Gasteiger partial charge in [-0.15, -0.1) is 0 Å². The van der Waals surface area contributed by atoms with Crippen LogP contribution >= 0.6 is 0 Å². The van der Waals surface area contributed by atoms with Crippen molar-refractivity contribution in [3.05, 3.63) is 36.4 Å². The van der Waals surface area contributed by atoms with Gasteiger partial charge in [0.1, 0.15) is 0 Å². The summed E-state index contributed by atoms with van der Waals surface area (Å²) in [6.45, 7) is 0. The van der Waals surface area contributed by atoms with E-state index in [1.165, 1.54) is 12.1 Å². The molecule has 0 aliphatic heterocycles. The first kappa shape index (κ1) is 10.9. The molecule has 0 amide bonds. The minimum Gasteiger partial charge on any atom is -0.324 e. The van der Waals surface area contributed by atoms with Crippen LogP contribution < -0.4 is 11.3 Å². The molecule has 0 aliphatic rings. The van der Waals surface area contributed by atoms with Crippen LogP contribution in [-0.4, -0.2) is 13.0 Å². The summed E-state index contributed by atoms with van der Waals surface area (Å²) >= 11 is 0. The monoisotopic (exact) mass is 238 g/mol. The maximum absolute atomic E-state index is 10.9. The van der Waals surface area contributed by atoms with Gasteiger partial charge in [0.25, 0.3) is 10.1 Å². The molecule has 0 heterocycles. The van der Waals surface area contributed by atoms with Gasteiger partial charge >= 0.3 is 0 Å². The summed E-state index contributed by atoms with van der Waals surface area (Å²) in [5.74, 6) is 5.25. The maximum atomic E-state index is 10.9. The zero-order valence-electron chi connectivity index (χ0n) is 8.21. The number of nitrogens with one attached hydrogen (secondary N) is 1. The average Bonchev–Trinajstić information content (AvgIpc) is 2.26. The van der Waals surface area contributed by atoms with Gasteiger partial charge in [0, 0.05) is 5.69 Å². The Morgan fingerprint density at radius 1 is 1.06 bits per heavy atom. The minimum absolute atomic E-state index is 0.130. The van der Waals surface area contributed by atoms with E-state index in [-0.39, 0.29) is 4.90 Å². The van der Waals surface area contributed by atoms with Crippen LogP contribution in [0.5, 0.6) is 0 Å². The highest BCUT2D eigenvalue weighted by Gasteiger charge is 2.09. The van der Waals surface area contributed by atoms with E-state index in [4.69, 9.17) is 10.4 Å². The van der Waals surface area contributed by atoms with Gasteiger partial charge in [-0.25, -0.2) is 0 Å². The predicted molar refractivity (Wildman–Crippen MR) is 61.6 cm³/mol. The lowest BCUT2D eigenvalue weighted by Gasteiger charge is -2.04. The molecule has 0 aliphatic carbocycles. The molecule has 0 atom stereocenters. The summed E-state index contributed by atoms with van der Waals surface area (Å²) in [7, 11) is -4.17. The number of anilines is 1. The first-order chi connectivity index (χ1) is 7.50. The second-order valence-corrected chi connectivity index (χ2v) is 4.76. The molecule has 6 heteroatoms. The summed E-state index contributed by atoms with van der Waals surface area (Å²) in [6.07, 6.45) is 0. The van der Waals surface area contributed by atoms with Crippen molar-refractivity contribution >= 4 is 26.6 Å². The number of hydrogen-bond donors (Lipinski definition) is 3. The van der Waals surface area contributed by atoms with Crippen molar-refractivity contribution in [3.8, 4) is 0 Å². The minimum atomic E-state index is -4.17. The molecule has 0 aromatic heterocycles. The molecule has 0 spiro atoms. The first-order valence-corrected chi connectivity index (χ1v) is 5.92. The van der Waals surface area contributed by atoms with Gasteiger partial charge in [0.05, 0.1) is 4.90 Å². The number of hydrazine groups is 1. The molecule has 0 saturated carbocycles. The zero-order chi connectivity index (χ0) is 11.8. The molecule has 2 aromatic carbocycles. The van der Waals surface area contributed by atoms with Gasteiger partial charge in [0.2, 0.25) is 0 Å². The number of rotatable bonds is 2. The lowest BCUT2D eigenvalue weighted by atomic mass is 10.1. The first-order valence-electron chi connectivity index (χ1n) is 4.48. The highest BCUT2D eigenvalue weighted by Crippen LogP contribution is 2.22. The molecular weight excluding hydrogens is 228 g/mol. The van der Waals surface area contributed by atoms with E-state index in [9.17, 15) is 8.42 Å². The Kier molecular flexibility index (Phi) is 2.55. The van der Waals surface area contributed by atoms with Crippen LogP contribution in [0.15, 0.2) is 41.3 Å². The standard InChI is InChI=1S/C10H10N2O3S/c11-12-9-3-1-7-2-4-10(16(13,14)15)6-8(7)5-9/h1-6,12H,11H2,(H,13,14,15). The molecule has 0 radical (unpaired) electrons. The second-order valence-electron chi connectivity index (χ2n) is 3.34. The van der Waals surface area contributed by atoms with Gasteiger partial charge in [-0.1, -0.05) is 12.1 Å². The van der Waals surface area contributed by atoms with Crippen molar-refractivity contribution in [1.82, 2.24) is 0 Å². The molecule has 84 valence electrons. The summed E-state index contributed by atoms with van der Waals surface area (Å²) in [6, 6.07) is 9.65. The molecular formula is C10H10N2O3S. The molecule has 16 heavy (non-hydrogen) atoms. The number of benzene rings is 2. The Labute approximate surface area is 92.6 Å². The third-order valence-electron chi connectivity index (χ3n) is 2.28. The van der Waals surface area contributed by atoms with E-state index in [0.29, 0.717) is 11.1 Å². The van der Waals surface area contributed by atoms with Crippen molar-refractivity contribution in [1.29, 1.82) is 0 Å². The number of fused-ring (bicyclic) bond motifs is 1. The van der Waals surface area contributed by atoms with Crippen LogP contribution in [0.3, 0.4) is 0 Å². The Hall–Kier alpha value is -1.63. The SMILES string of the molecule is NNc1ccc2ccc(S(=O)(=O)O)cc2c1. The van der Waals surface area contributed by atoms with Crippen LogP contribution in [0, 0.1) is 0 Å². The second kappa shape index (κ2) is 3.75. The number of nitrogen functional groups attached to an aromatic ring is 1. The third-order valence-corrected chi connectivity index (χ3v) is 3.13. The molecule has 0 bridgehead atoms. The summed E-state index contributed by atoms with van der Waals surface area (Å²) in [5.41, 5.74) is 3.13. The average molecular weight is 238 g/mol. The Bertz CT molecular complexity index is 638. The molecule has 0 saturated heterocycles. The van der Waals surface area contributed by atoms with Gasteiger partial charge in [-0.05, 0) is 35.0 Å². The fraction of sp³-hybridized carbons (Fsp3) is 0. The van der Waals surface area contributed by atoms with Crippen molar-refractivity contribution in [3.63, 3.8) is 0 Å². The zero-order valence-corrected chi connectivity index (χ0v) is 9.03. The van der Waals surface area contributed by atoms with Crippen molar-refractivity contribution < 1.29 is 13.0 Å². The summed E-state index contributed by atoms with van der Waals surface area (Å²) in [4.78, 5) is -0.130. The predicted octanol–water partition coefficient (Wildman–Crippen LogP) is 1.37. The molecule has 0 unspecified atom stereocenters. The van der Waals surface area contributed by atoms with Crippen LogP contribution in [0.25, 0.3) is 10.8 Å². The van der Waals surface area contributed by atoms with E-state index in [1.807, 2.05) is 0 Å². The molecule has 2 rings (SSSR count). The highest BCUT2D eigenvalue weighted by atomic mass is 32.2. The molecule has 5 nitrogen and oxygen atoms in total. The normalized spacial score (nSPS) is 11.6. The molecule has 0 fully saturated rings. The fourth-order valence-electron chi connectivity index (χ4n) is 1.48. The Morgan fingerprint density at radius 3 is 2.38 bits per heavy atom. The third kappa shape index (κ3) is 1.99.